The second-order valence-electron chi connectivity index (χ2n) is 6.13. The molecule has 112 valence electrons. The smallest absolute Gasteiger partial charge is 0.127 e. The van der Waals surface area contributed by atoms with Crippen molar-refractivity contribution in [2.75, 3.05) is 7.05 Å². The molecule has 1 fully saturated rings. The molecule has 0 atom stereocenters. The van der Waals surface area contributed by atoms with E-state index in [9.17, 15) is 4.39 Å². The van der Waals surface area contributed by atoms with E-state index in [0.29, 0.717) is 19.1 Å². The molecule has 2 nitrogen and oxygen atoms in total. The monoisotopic (exact) mass is 278 g/mol. The molecule has 1 aliphatic carbocycles. The summed E-state index contributed by atoms with van der Waals surface area (Å²) in [5, 5.41) is 0. The lowest BCUT2D eigenvalue weighted by atomic mass is 9.84. The Labute approximate surface area is 122 Å². The van der Waals surface area contributed by atoms with E-state index in [-0.39, 0.29) is 5.82 Å². The largest absolute Gasteiger partial charge is 0.326 e. The molecule has 3 heteroatoms. The van der Waals surface area contributed by atoms with Crippen molar-refractivity contribution in [1.29, 1.82) is 0 Å². The van der Waals surface area contributed by atoms with E-state index in [4.69, 9.17) is 5.73 Å². The lowest BCUT2D eigenvalue weighted by Gasteiger charge is -2.34. The number of hydrogen-bond acceptors (Lipinski definition) is 2. The number of rotatable bonds is 5. The first-order chi connectivity index (χ1) is 9.63. The van der Waals surface area contributed by atoms with Crippen LogP contribution in [0.5, 0.6) is 0 Å². The van der Waals surface area contributed by atoms with Crippen molar-refractivity contribution < 1.29 is 4.39 Å². The van der Waals surface area contributed by atoms with Gasteiger partial charge in [0.25, 0.3) is 0 Å². The highest BCUT2D eigenvalue weighted by Crippen LogP contribution is 2.29. The second kappa shape index (κ2) is 7.19. The molecule has 0 radical (unpaired) electrons. The Balaban J connectivity index is 1.96. The molecule has 1 aromatic rings. The zero-order valence-electron chi connectivity index (χ0n) is 12.7. The van der Waals surface area contributed by atoms with Gasteiger partial charge in [0.2, 0.25) is 0 Å². The summed E-state index contributed by atoms with van der Waals surface area (Å²) in [5.74, 6) is 0.785. The van der Waals surface area contributed by atoms with Gasteiger partial charge in [-0.05, 0) is 50.3 Å². The number of benzene rings is 1. The molecule has 0 unspecified atom stereocenters. The van der Waals surface area contributed by atoms with Gasteiger partial charge < -0.3 is 5.73 Å². The summed E-state index contributed by atoms with van der Waals surface area (Å²) < 4.78 is 13.9. The predicted octanol–water partition coefficient (Wildman–Crippen LogP) is 3.69. The Hall–Kier alpha value is -0.930. The maximum Gasteiger partial charge on any atom is 0.127 e. The van der Waals surface area contributed by atoms with Crippen molar-refractivity contribution in [1.82, 2.24) is 4.90 Å². The fourth-order valence-electron chi connectivity index (χ4n) is 3.27. The van der Waals surface area contributed by atoms with E-state index in [1.807, 2.05) is 6.07 Å². The average molecular weight is 278 g/mol. The Morgan fingerprint density at radius 1 is 1.25 bits per heavy atom. The summed E-state index contributed by atoms with van der Waals surface area (Å²) >= 11 is 0. The summed E-state index contributed by atoms with van der Waals surface area (Å²) in [4.78, 5) is 2.31. The van der Waals surface area contributed by atoms with Crippen molar-refractivity contribution in [2.24, 2.45) is 11.7 Å². The van der Waals surface area contributed by atoms with Crippen LogP contribution in [0.1, 0.15) is 50.2 Å². The molecule has 0 heterocycles. The maximum absolute atomic E-state index is 13.9. The number of hydrogen-bond donors (Lipinski definition) is 1. The van der Waals surface area contributed by atoms with Crippen molar-refractivity contribution in [2.45, 2.75) is 58.2 Å². The first-order valence-corrected chi connectivity index (χ1v) is 7.81. The summed E-state index contributed by atoms with van der Waals surface area (Å²) in [6.45, 7) is 3.43. The van der Waals surface area contributed by atoms with Crippen LogP contribution in [-0.4, -0.2) is 18.0 Å². The van der Waals surface area contributed by atoms with Gasteiger partial charge in [0.1, 0.15) is 5.82 Å². The minimum absolute atomic E-state index is 0.115. The molecule has 20 heavy (non-hydrogen) atoms. The molecule has 0 aliphatic heterocycles. The van der Waals surface area contributed by atoms with Crippen LogP contribution < -0.4 is 5.73 Å². The molecule has 0 aromatic heterocycles. The van der Waals surface area contributed by atoms with E-state index in [0.717, 1.165) is 17.0 Å². The van der Waals surface area contributed by atoms with Crippen LogP contribution in [0.4, 0.5) is 4.39 Å². The van der Waals surface area contributed by atoms with Crippen LogP contribution in [0, 0.1) is 11.7 Å². The first-order valence-electron chi connectivity index (χ1n) is 7.81. The van der Waals surface area contributed by atoms with E-state index in [1.54, 1.807) is 12.1 Å². The Morgan fingerprint density at radius 2 is 1.95 bits per heavy atom. The molecular weight excluding hydrogens is 251 g/mol. The fraction of sp³-hybridized carbons (Fsp3) is 0.647. The highest BCUT2D eigenvalue weighted by molar-refractivity contribution is 5.25. The SMILES string of the molecule is CCC1CCC(N(C)Cc2cc(CN)ccc2F)CC1. The minimum Gasteiger partial charge on any atom is -0.326 e. The van der Waals surface area contributed by atoms with Crippen LogP contribution in [-0.2, 0) is 13.1 Å². The molecule has 1 saturated carbocycles. The van der Waals surface area contributed by atoms with Crippen LogP contribution in [0.15, 0.2) is 18.2 Å². The lowest BCUT2D eigenvalue weighted by Crippen LogP contribution is -2.34. The van der Waals surface area contributed by atoms with Gasteiger partial charge >= 0.3 is 0 Å². The van der Waals surface area contributed by atoms with Gasteiger partial charge in [0, 0.05) is 24.7 Å². The van der Waals surface area contributed by atoms with Gasteiger partial charge in [-0.2, -0.15) is 0 Å². The molecule has 0 amide bonds. The second-order valence-corrected chi connectivity index (χ2v) is 6.13. The normalized spacial score (nSPS) is 23.2. The molecule has 0 bridgehead atoms. The maximum atomic E-state index is 13.9. The molecule has 0 saturated heterocycles. The topological polar surface area (TPSA) is 29.3 Å². The van der Waals surface area contributed by atoms with Gasteiger partial charge in [-0.3, -0.25) is 4.90 Å². The number of halogens is 1. The summed E-state index contributed by atoms with van der Waals surface area (Å²) in [6, 6.07) is 5.81. The van der Waals surface area contributed by atoms with Crippen LogP contribution >= 0.6 is 0 Å². The Morgan fingerprint density at radius 3 is 2.55 bits per heavy atom. The van der Waals surface area contributed by atoms with Gasteiger partial charge in [-0.1, -0.05) is 25.5 Å². The fourth-order valence-corrected chi connectivity index (χ4v) is 3.27. The van der Waals surface area contributed by atoms with Crippen molar-refractivity contribution in [3.8, 4) is 0 Å². The number of nitrogens with zero attached hydrogens (tertiary/aromatic N) is 1. The van der Waals surface area contributed by atoms with Crippen LogP contribution in [0.2, 0.25) is 0 Å². The molecule has 2 rings (SSSR count). The molecule has 1 aliphatic rings. The van der Waals surface area contributed by atoms with Gasteiger partial charge in [0.15, 0.2) is 0 Å². The zero-order valence-corrected chi connectivity index (χ0v) is 12.7. The third kappa shape index (κ3) is 3.80. The van der Waals surface area contributed by atoms with Crippen molar-refractivity contribution in [3.63, 3.8) is 0 Å². The molecule has 0 spiro atoms. The first kappa shape index (κ1) is 15.5. The summed E-state index contributed by atoms with van der Waals surface area (Å²) in [6.07, 6.45) is 6.41. The average Bonchev–Trinajstić information content (AvgIpc) is 2.49. The van der Waals surface area contributed by atoms with E-state index < -0.39 is 0 Å². The third-order valence-corrected chi connectivity index (χ3v) is 4.78. The van der Waals surface area contributed by atoms with E-state index in [1.165, 1.54) is 32.1 Å². The van der Waals surface area contributed by atoms with E-state index >= 15 is 0 Å². The van der Waals surface area contributed by atoms with Crippen molar-refractivity contribution >= 4 is 0 Å². The standard InChI is InChI=1S/C17H27FN2/c1-3-13-4-7-16(8-5-13)20(2)12-15-10-14(11-19)6-9-17(15)18/h6,9-10,13,16H,3-5,7-8,11-12,19H2,1-2H3. The minimum atomic E-state index is -0.115. The lowest BCUT2D eigenvalue weighted by molar-refractivity contribution is 0.156. The Kier molecular flexibility index (Phi) is 5.55. The number of nitrogens with two attached hydrogens (primary N) is 1. The Bertz CT molecular complexity index is 425. The van der Waals surface area contributed by atoms with Gasteiger partial charge in [-0.25, -0.2) is 4.39 Å². The highest BCUT2D eigenvalue weighted by Gasteiger charge is 2.23. The summed E-state index contributed by atoms with van der Waals surface area (Å²) in [5.41, 5.74) is 7.41. The van der Waals surface area contributed by atoms with Gasteiger partial charge in [0.05, 0.1) is 0 Å². The zero-order chi connectivity index (χ0) is 14.5. The molecule has 2 N–H and O–H groups in total. The highest BCUT2D eigenvalue weighted by atomic mass is 19.1. The van der Waals surface area contributed by atoms with E-state index in [2.05, 4.69) is 18.9 Å². The van der Waals surface area contributed by atoms with Gasteiger partial charge in [-0.15, -0.1) is 0 Å². The molecule has 1 aromatic carbocycles. The summed E-state index contributed by atoms with van der Waals surface area (Å²) in [7, 11) is 2.12. The van der Waals surface area contributed by atoms with Crippen LogP contribution in [0.3, 0.4) is 0 Å². The van der Waals surface area contributed by atoms with Crippen molar-refractivity contribution in [3.05, 3.63) is 35.1 Å². The van der Waals surface area contributed by atoms with Crippen LogP contribution in [0.25, 0.3) is 0 Å². The quantitative estimate of drug-likeness (QED) is 0.890. The predicted molar refractivity (Wildman–Crippen MR) is 81.8 cm³/mol. The third-order valence-electron chi connectivity index (χ3n) is 4.78. The molecular formula is C17H27FN2.